The van der Waals surface area contributed by atoms with Crippen LogP contribution in [-0.4, -0.2) is 30.4 Å². The fourth-order valence-electron chi connectivity index (χ4n) is 2.14. The molecule has 1 heterocycles. The summed E-state index contributed by atoms with van der Waals surface area (Å²) in [5.74, 6) is 1.26. The van der Waals surface area contributed by atoms with Crippen molar-refractivity contribution in [2.24, 2.45) is 0 Å². The summed E-state index contributed by atoms with van der Waals surface area (Å²) in [7, 11) is 1.62. The molecule has 0 saturated carbocycles. The Bertz CT molecular complexity index is 735. The molecule has 0 aliphatic heterocycles. The van der Waals surface area contributed by atoms with Crippen LogP contribution in [0.25, 0.3) is 22.6 Å². The number of aromatic nitrogens is 1. The number of ether oxygens (including phenoxy) is 1. The van der Waals surface area contributed by atoms with Crippen LogP contribution in [-0.2, 0) is 0 Å². The van der Waals surface area contributed by atoms with E-state index in [0.29, 0.717) is 23.8 Å². The number of anilines is 1. The molecule has 1 aromatic heterocycles. The average Bonchev–Trinajstić information content (AvgIpc) is 2.97. The molecule has 0 bridgehead atoms. The molecule has 0 aliphatic carbocycles. The monoisotopic (exact) mass is 284 g/mol. The quantitative estimate of drug-likeness (QED) is 0.754. The number of methoxy groups -OCH3 is 1. The highest BCUT2D eigenvalue weighted by Crippen LogP contribution is 2.30. The minimum absolute atomic E-state index is 0.104. The van der Waals surface area contributed by atoms with Crippen LogP contribution < -0.4 is 10.1 Å². The predicted octanol–water partition coefficient (Wildman–Crippen LogP) is 2.91. The highest BCUT2D eigenvalue weighted by Gasteiger charge is 2.11. The van der Waals surface area contributed by atoms with Crippen molar-refractivity contribution >= 4 is 16.8 Å². The molecule has 2 N–H and O–H groups in total. The summed E-state index contributed by atoms with van der Waals surface area (Å²) in [5, 5.41) is 11.9. The van der Waals surface area contributed by atoms with Gasteiger partial charge in [-0.2, -0.15) is 0 Å². The first kappa shape index (κ1) is 13.5. The third kappa shape index (κ3) is 2.68. The maximum absolute atomic E-state index is 8.79. The van der Waals surface area contributed by atoms with Crippen molar-refractivity contribution in [3.63, 3.8) is 0 Å². The lowest BCUT2D eigenvalue weighted by molar-refractivity contribution is 0.311. The van der Waals surface area contributed by atoms with E-state index in [9.17, 15) is 0 Å². The summed E-state index contributed by atoms with van der Waals surface area (Å²) in [4.78, 5) is 4.49. The van der Waals surface area contributed by atoms with E-state index in [1.807, 2.05) is 42.5 Å². The molecule has 0 spiro atoms. The van der Waals surface area contributed by atoms with Gasteiger partial charge in [-0.3, -0.25) is 0 Å². The SMILES string of the molecule is COc1cccc2oc(-c3ccc(NCCO)cc3)nc12. The number of hydrogen-bond acceptors (Lipinski definition) is 5. The molecule has 0 saturated heterocycles. The van der Waals surface area contributed by atoms with Crippen molar-refractivity contribution in [1.29, 1.82) is 0 Å². The van der Waals surface area contributed by atoms with Gasteiger partial charge in [0, 0.05) is 17.8 Å². The van der Waals surface area contributed by atoms with E-state index in [2.05, 4.69) is 10.3 Å². The third-order valence-corrected chi connectivity index (χ3v) is 3.17. The van der Waals surface area contributed by atoms with Crippen molar-refractivity contribution in [2.45, 2.75) is 0 Å². The van der Waals surface area contributed by atoms with E-state index in [4.69, 9.17) is 14.3 Å². The predicted molar refractivity (Wildman–Crippen MR) is 81.6 cm³/mol. The lowest BCUT2D eigenvalue weighted by Gasteiger charge is -2.04. The Morgan fingerprint density at radius 1 is 1.19 bits per heavy atom. The van der Waals surface area contributed by atoms with Crippen molar-refractivity contribution in [1.82, 2.24) is 4.98 Å². The van der Waals surface area contributed by atoms with Gasteiger partial charge in [0.05, 0.1) is 13.7 Å². The largest absolute Gasteiger partial charge is 0.494 e. The molecular formula is C16H16N2O3. The molecular weight excluding hydrogens is 268 g/mol. The second kappa shape index (κ2) is 5.85. The molecule has 2 aromatic carbocycles. The molecule has 5 heteroatoms. The van der Waals surface area contributed by atoms with Gasteiger partial charge in [-0.1, -0.05) is 6.07 Å². The van der Waals surface area contributed by atoms with E-state index >= 15 is 0 Å². The summed E-state index contributed by atoms with van der Waals surface area (Å²) in [5.41, 5.74) is 3.26. The van der Waals surface area contributed by atoms with E-state index in [0.717, 1.165) is 16.8 Å². The summed E-state index contributed by atoms with van der Waals surface area (Å²) in [6.45, 7) is 0.631. The fourth-order valence-corrected chi connectivity index (χ4v) is 2.14. The highest BCUT2D eigenvalue weighted by molar-refractivity contribution is 5.82. The normalized spacial score (nSPS) is 10.8. The zero-order valence-electron chi connectivity index (χ0n) is 11.7. The Kier molecular flexibility index (Phi) is 3.75. The van der Waals surface area contributed by atoms with Gasteiger partial charge in [-0.15, -0.1) is 0 Å². The smallest absolute Gasteiger partial charge is 0.227 e. The first-order chi connectivity index (χ1) is 10.3. The second-order valence-corrected chi connectivity index (χ2v) is 4.55. The third-order valence-electron chi connectivity index (χ3n) is 3.17. The van der Waals surface area contributed by atoms with Crippen molar-refractivity contribution in [2.75, 3.05) is 25.6 Å². The summed E-state index contributed by atoms with van der Waals surface area (Å²) in [6, 6.07) is 13.3. The van der Waals surface area contributed by atoms with E-state index in [-0.39, 0.29) is 6.61 Å². The molecule has 0 atom stereocenters. The van der Waals surface area contributed by atoms with E-state index in [1.54, 1.807) is 7.11 Å². The van der Waals surface area contributed by atoms with Crippen molar-refractivity contribution in [3.8, 4) is 17.2 Å². The number of rotatable bonds is 5. The van der Waals surface area contributed by atoms with Crippen LogP contribution in [0.5, 0.6) is 5.75 Å². The van der Waals surface area contributed by atoms with Gasteiger partial charge < -0.3 is 19.6 Å². The zero-order valence-corrected chi connectivity index (χ0v) is 11.7. The van der Waals surface area contributed by atoms with Crippen LogP contribution in [0.4, 0.5) is 5.69 Å². The van der Waals surface area contributed by atoms with Crippen LogP contribution >= 0.6 is 0 Å². The van der Waals surface area contributed by atoms with Gasteiger partial charge in [0.2, 0.25) is 5.89 Å². The number of hydrogen-bond donors (Lipinski definition) is 2. The highest BCUT2D eigenvalue weighted by atomic mass is 16.5. The van der Waals surface area contributed by atoms with Gasteiger partial charge in [0.25, 0.3) is 0 Å². The first-order valence-electron chi connectivity index (χ1n) is 6.70. The van der Waals surface area contributed by atoms with Crippen molar-refractivity contribution in [3.05, 3.63) is 42.5 Å². The average molecular weight is 284 g/mol. The maximum atomic E-state index is 8.79. The molecule has 0 amide bonds. The Hall–Kier alpha value is -2.53. The maximum Gasteiger partial charge on any atom is 0.227 e. The number of para-hydroxylation sites is 1. The number of aliphatic hydroxyl groups is 1. The molecule has 3 aromatic rings. The minimum atomic E-state index is 0.104. The van der Waals surface area contributed by atoms with Gasteiger partial charge in [0.15, 0.2) is 11.1 Å². The molecule has 5 nitrogen and oxygen atoms in total. The molecule has 0 unspecified atom stereocenters. The van der Waals surface area contributed by atoms with E-state index < -0.39 is 0 Å². The molecule has 3 rings (SSSR count). The Labute approximate surface area is 122 Å². The number of oxazole rings is 1. The van der Waals surface area contributed by atoms with Crippen LogP contribution in [0.15, 0.2) is 46.9 Å². The van der Waals surface area contributed by atoms with Crippen LogP contribution in [0.2, 0.25) is 0 Å². The second-order valence-electron chi connectivity index (χ2n) is 4.55. The van der Waals surface area contributed by atoms with Gasteiger partial charge >= 0.3 is 0 Å². The number of nitrogens with one attached hydrogen (secondary N) is 1. The van der Waals surface area contributed by atoms with Gasteiger partial charge in [-0.05, 0) is 36.4 Å². The first-order valence-corrected chi connectivity index (χ1v) is 6.70. The Balaban J connectivity index is 1.93. The zero-order chi connectivity index (χ0) is 14.7. The fraction of sp³-hybridized carbons (Fsp3) is 0.188. The van der Waals surface area contributed by atoms with Crippen molar-refractivity contribution < 1.29 is 14.3 Å². The van der Waals surface area contributed by atoms with Gasteiger partial charge in [-0.25, -0.2) is 4.98 Å². The molecule has 108 valence electrons. The minimum Gasteiger partial charge on any atom is -0.494 e. The number of aliphatic hydroxyl groups excluding tert-OH is 1. The standard InChI is InChI=1S/C16H16N2O3/c1-20-13-3-2-4-14-15(13)18-16(21-14)11-5-7-12(8-6-11)17-9-10-19/h2-8,17,19H,9-10H2,1H3. The summed E-state index contributed by atoms with van der Waals surface area (Å²) in [6.07, 6.45) is 0. The Morgan fingerprint density at radius 2 is 2.00 bits per heavy atom. The molecule has 0 fully saturated rings. The van der Waals surface area contributed by atoms with Crippen LogP contribution in [0.3, 0.4) is 0 Å². The summed E-state index contributed by atoms with van der Waals surface area (Å²) >= 11 is 0. The molecule has 0 radical (unpaired) electrons. The van der Waals surface area contributed by atoms with E-state index in [1.165, 1.54) is 0 Å². The number of fused-ring (bicyclic) bond motifs is 1. The van der Waals surface area contributed by atoms with Crippen LogP contribution in [0.1, 0.15) is 0 Å². The van der Waals surface area contributed by atoms with Crippen LogP contribution in [0, 0.1) is 0 Å². The lowest BCUT2D eigenvalue weighted by Crippen LogP contribution is -2.04. The Morgan fingerprint density at radius 3 is 2.71 bits per heavy atom. The number of benzene rings is 2. The van der Waals surface area contributed by atoms with Gasteiger partial charge in [0.1, 0.15) is 5.75 Å². The molecule has 0 aliphatic rings. The molecule has 21 heavy (non-hydrogen) atoms. The summed E-state index contributed by atoms with van der Waals surface area (Å²) < 4.78 is 11.0. The topological polar surface area (TPSA) is 67.5 Å². The lowest BCUT2D eigenvalue weighted by atomic mass is 10.2. The number of nitrogens with zero attached hydrogens (tertiary/aromatic N) is 1.